The van der Waals surface area contributed by atoms with Crippen LogP contribution in [0, 0.1) is 6.92 Å². The predicted molar refractivity (Wildman–Crippen MR) is 137 cm³/mol. The number of carbonyl (C=O) groups excluding carboxylic acids is 1. The average Bonchev–Trinajstić information content (AvgIpc) is 2.81. The number of sulfonamides is 1. The van der Waals surface area contributed by atoms with Gasteiger partial charge in [-0.1, -0.05) is 60.2 Å². The van der Waals surface area contributed by atoms with E-state index >= 15 is 0 Å². The van der Waals surface area contributed by atoms with E-state index in [4.69, 9.17) is 4.98 Å². The molecule has 0 spiro atoms. The lowest BCUT2D eigenvalue weighted by atomic mass is 10.0. The number of nitrogens with zero attached hydrogens (tertiary/aromatic N) is 2. The van der Waals surface area contributed by atoms with E-state index in [1.54, 1.807) is 37.3 Å². The molecule has 8 heteroatoms. The van der Waals surface area contributed by atoms with E-state index in [0.29, 0.717) is 22.7 Å². The first-order chi connectivity index (χ1) is 16.2. The fourth-order valence-corrected chi connectivity index (χ4v) is 4.05. The van der Waals surface area contributed by atoms with E-state index in [1.807, 2.05) is 55.5 Å². The molecule has 172 valence electrons. The van der Waals surface area contributed by atoms with Gasteiger partial charge in [0, 0.05) is 16.6 Å². The second-order valence-corrected chi connectivity index (χ2v) is 9.78. The first-order valence-corrected chi connectivity index (χ1v) is 12.5. The Morgan fingerprint density at radius 3 is 2.29 bits per heavy atom. The Bertz CT molecular complexity index is 1490. The number of rotatable bonds is 6. The van der Waals surface area contributed by atoms with Crippen LogP contribution >= 0.6 is 0 Å². The van der Waals surface area contributed by atoms with Gasteiger partial charge in [0.15, 0.2) is 0 Å². The standard InChI is InChI=1S/C26H24N4O3S/c1-17-8-10-20(11-9-17)25-16-23(22-6-4-5-7-24(22)27-25)26(31)29-28-18(2)19-12-14-21(15-13-19)30-34(3,32)33/h4-16,30H,1-3H3,(H,29,31). The molecule has 1 aromatic heterocycles. The molecule has 2 N–H and O–H groups in total. The van der Waals surface area contributed by atoms with Gasteiger partial charge in [-0.05, 0) is 43.7 Å². The van der Waals surface area contributed by atoms with Gasteiger partial charge in [-0.25, -0.2) is 18.8 Å². The van der Waals surface area contributed by atoms with Crippen molar-refractivity contribution >= 4 is 38.2 Å². The number of hydrogen-bond donors (Lipinski definition) is 2. The molecule has 4 rings (SSSR count). The maximum absolute atomic E-state index is 13.1. The molecule has 34 heavy (non-hydrogen) atoms. The van der Waals surface area contributed by atoms with Crippen LogP contribution in [0.1, 0.15) is 28.4 Å². The van der Waals surface area contributed by atoms with E-state index < -0.39 is 10.0 Å². The molecule has 0 aliphatic carbocycles. The summed E-state index contributed by atoms with van der Waals surface area (Å²) in [7, 11) is -3.35. The third-order valence-electron chi connectivity index (χ3n) is 5.24. The van der Waals surface area contributed by atoms with Crippen LogP contribution in [0.3, 0.4) is 0 Å². The van der Waals surface area contributed by atoms with Gasteiger partial charge in [-0.2, -0.15) is 5.10 Å². The number of carbonyl (C=O) groups is 1. The molecular weight excluding hydrogens is 448 g/mol. The maximum Gasteiger partial charge on any atom is 0.272 e. The average molecular weight is 473 g/mol. The van der Waals surface area contributed by atoms with Gasteiger partial charge in [-0.3, -0.25) is 9.52 Å². The summed E-state index contributed by atoms with van der Waals surface area (Å²) in [4.78, 5) is 17.9. The summed E-state index contributed by atoms with van der Waals surface area (Å²) in [5.41, 5.74) is 8.40. The first-order valence-electron chi connectivity index (χ1n) is 10.6. The Kier molecular flexibility index (Phi) is 6.43. The van der Waals surface area contributed by atoms with Crippen LogP contribution in [0.2, 0.25) is 0 Å². The minimum Gasteiger partial charge on any atom is -0.284 e. The normalized spacial score (nSPS) is 11.9. The minimum absolute atomic E-state index is 0.346. The molecule has 1 heterocycles. The number of para-hydroxylation sites is 1. The number of aromatic nitrogens is 1. The summed E-state index contributed by atoms with van der Waals surface area (Å²) >= 11 is 0. The highest BCUT2D eigenvalue weighted by molar-refractivity contribution is 7.92. The lowest BCUT2D eigenvalue weighted by molar-refractivity contribution is 0.0956. The van der Waals surface area contributed by atoms with E-state index in [2.05, 4.69) is 15.2 Å². The molecule has 3 aromatic carbocycles. The fourth-order valence-electron chi connectivity index (χ4n) is 3.49. The Balaban J connectivity index is 1.61. The van der Waals surface area contributed by atoms with Crippen molar-refractivity contribution < 1.29 is 13.2 Å². The van der Waals surface area contributed by atoms with Crippen molar-refractivity contribution in [1.29, 1.82) is 0 Å². The maximum atomic E-state index is 13.1. The van der Waals surface area contributed by atoms with Crippen molar-refractivity contribution in [3.8, 4) is 11.3 Å². The summed E-state index contributed by atoms with van der Waals surface area (Å²) in [6, 6.07) is 24.0. The van der Waals surface area contributed by atoms with E-state index in [-0.39, 0.29) is 5.91 Å². The van der Waals surface area contributed by atoms with E-state index in [0.717, 1.165) is 33.8 Å². The van der Waals surface area contributed by atoms with Crippen LogP contribution in [0.5, 0.6) is 0 Å². The van der Waals surface area contributed by atoms with Gasteiger partial charge in [0.1, 0.15) is 0 Å². The molecule has 0 atom stereocenters. The summed E-state index contributed by atoms with van der Waals surface area (Å²) in [6.45, 7) is 3.79. The molecule has 0 aliphatic rings. The van der Waals surface area contributed by atoms with Crippen LogP contribution in [0.25, 0.3) is 22.2 Å². The van der Waals surface area contributed by atoms with Crippen LogP contribution in [0.4, 0.5) is 5.69 Å². The third kappa shape index (κ3) is 5.47. The predicted octanol–water partition coefficient (Wildman–Crippen LogP) is 4.74. The topological polar surface area (TPSA) is 101 Å². The lowest BCUT2D eigenvalue weighted by Crippen LogP contribution is -2.20. The smallest absolute Gasteiger partial charge is 0.272 e. The van der Waals surface area contributed by atoms with Crippen molar-refractivity contribution in [1.82, 2.24) is 10.4 Å². The molecule has 0 unspecified atom stereocenters. The van der Waals surface area contributed by atoms with Crippen molar-refractivity contribution in [2.75, 3.05) is 11.0 Å². The number of hydrogen-bond acceptors (Lipinski definition) is 5. The molecule has 7 nitrogen and oxygen atoms in total. The lowest BCUT2D eigenvalue weighted by Gasteiger charge is -2.10. The van der Waals surface area contributed by atoms with Crippen LogP contribution in [-0.4, -0.2) is 31.3 Å². The number of fused-ring (bicyclic) bond motifs is 1. The van der Waals surface area contributed by atoms with Crippen molar-refractivity contribution in [2.45, 2.75) is 13.8 Å². The Morgan fingerprint density at radius 1 is 0.941 bits per heavy atom. The van der Waals surface area contributed by atoms with Crippen molar-refractivity contribution in [2.24, 2.45) is 5.10 Å². The van der Waals surface area contributed by atoms with E-state index in [9.17, 15) is 13.2 Å². The number of amides is 1. The number of nitrogens with one attached hydrogen (secondary N) is 2. The highest BCUT2D eigenvalue weighted by Gasteiger charge is 2.14. The summed E-state index contributed by atoms with van der Waals surface area (Å²) in [5, 5.41) is 4.99. The monoisotopic (exact) mass is 472 g/mol. The van der Waals surface area contributed by atoms with Crippen molar-refractivity contribution in [3.63, 3.8) is 0 Å². The molecule has 1 amide bonds. The quantitative estimate of drug-likeness (QED) is 0.313. The van der Waals surface area contributed by atoms with Gasteiger partial charge >= 0.3 is 0 Å². The number of pyridine rings is 1. The number of aryl methyl sites for hydroxylation is 1. The second-order valence-electron chi connectivity index (χ2n) is 8.03. The third-order valence-corrected chi connectivity index (χ3v) is 5.85. The summed E-state index contributed by atoms with van der Waals surface area (Å²) < 4.78 is 25.1. The van der Waals surface area contributed by atoms with Gasteiger partial charge < -0.3 is 0 Å². The molecule has 0 fully saturated rings. The molecule has 0 radical (unpaired) electrons. The number of anilines is 1. The first kappa shape index (κ1) is 23.1. The summed E-state index contributed by atoms with van der Waals surface area (Å²) in [5.74, 6) is -0.346. The summed E-state index contributed by atoms with van der Waals surface area (Å²) in [6.07, 6.45) is 1.09. The minimum atomic E-state index is -3.35. The van der Waals surface area contributed by atoms with Gasteiger partial charge in [0.2, 0.25) is 10.0 Å². The van der Waals surface area contributed by atoms with Gasteiger partial charge in [0.25, 0.3) is 5.91 Å². The number of hydrazone groups is 1. The highest BCUT2D eigenvalue weighted by Crippen LogP contribution is 2.25. The SMILES string of the molecule is CC(=NNC(=O)c1cc(-c2ccc(C)cc2)nc2ccccc12)c1ccc(NS(C)(=O)=O)cc1. The molecule has 0 saturated carbocycles. The van der Waals surface area contributed by atoms with Crippen LogP contribution in [-0.2, 0) is 10.0 Å². The van der Waals surface area contributed by atoms with Crippen molar-refractivity contribution in [3.05, 3.63) is 95.6 Å². The van der Waals surface area contributed by atoms with Crippen LogP contribution < -0.4 is 10.1 Å². The van der Waals surface area contributed by atoms with E-state index in [1.165, 1.54) is 0 Å². The zero-order chi connectivity index (χ0) is 24.3. The van der Waals surface area contributed by atoms with Crippen LogP contribution in [0.15, 0.2) is 84.0 Å². The Labute approximate surface area is 198 Å². The zero-order valence-electron chi connectivity index (χ0n) is 19.0. The van der Waals surface area contributed by atoms with Gasteiger partial charge in [0.05, 0.1) is 28.7 Å². The number of benzene rings is 3. The molecule has 0 bridgehead atoms. The molecule has 4 aromatic rings. The largest absolute Gasteiger partial charge is 0.284 e. The molecule has 0 saturated heterocycles. The second kappa shape index (κ2) is 9.44. The zero-order valence-corrected chi connectivity index (χ0v) is 19.8. The molecular formula is C26H24N4O3S. The highest BCUT2D eigenvalue weighted by atomic mass is 32.2. The fraction of sp³-hybridized carbons (Fsp3) is 0.115. The Hall–Kier alpha value is -4.04. The molecule has 0 aliphatic heterocycles. The Morgan fingerprint density at radius 2 is 1.62 bits per heavy atom. The van der Waals surface area contributed by atoms with Gasteiger partial charge in [-0.15, -0.1) is 0 Å².